The first-order valence-corrected chi connectivity index (χ1v) is 10.2. The molecule has 1 amide bonds. The topological polar surface area (TPSA) is 68.3 Å². The van der Waals surface area contributed by atoms with E-state index in [-0.39, 0.29) is 24.9 Å². The Morgan fingerprint density at radius 2 is 1.86 bits per heavy atom. The van der Waals surface area contributed by atoms with Crippen LogP contribution < -0.4 is 5.32 Å². The van der Waals surface area contributed by atoms with E-state index in [1.165, 1.54) is 0 Å². The van der Waals surface area contributed by atoms with E-state index < -0.39 is 0 Å². The van der Waals surface area contributed by atoms with Gasteiger partial charge in [-0.15, -0.1) is 11.3 Å². The average Bonchev–Trinajstić information content (AvgIpc) is 3.09. The monoisotopic (exact) mass is 396 g/mol. The number of carbonyl (C=O) groups is 2. The molecule has 28 heavy (non-hydrogen) atoms. The normalized spacial score (nSPS) is 11.0. The summed E-state index contributed by atoms with van der Waals surface area (Å²) < 4.78 is 6.26. The van der Waals surface area contributed by atoms with Gasteiger partial charge in [0.2, 0.25) is 0 Å². The molecule has 2 aromatic carbocycles. The lowest BCUT2D eigenvalue weighted by atomic mass is 10.0. The van der Waals surface area contributed by atoms with Gasteiger partial charge in [0, 0.05) is 12.1 Å². The van der Waals surface area contributed by atoms with Crippen LogP contribution in [0.1, 0.15) is 43.2 Å². The number of ether oxygens (including phenoxy) is 1. The molecule has 0 spiro atoms. The van der Waals surface area contributed by atoms with Gasteiger partial charge in [0.15, 0.2) is 6.61 Å². The van der Waals surface area contributed by atoms with Gasteiger partial charge < -0.3 is 10.1 Å². The summed E-state index contributed by atoms with van der Waals surface area (Å²) in [4.78, 5) is 28.6. The maximum Gasteiger partial charge on any atom is 0.306 e. The molecular formula is C22H24N2O3S. The van der Waals surface area contributed by atoms with E-state index in [1.54, 1.807) is 11.3 Å². The number of nitrogens with zero attached hydrogens (tertiary/aromatic N) is 1. The molecule has 0 fully saturated rings. The molecule has 0 aliphatic carbocycles. The summed E-state index contributed by atoms with van der Waals surface area (Å²) in [5.74, 6) is -0.400. The van der Waals surface area contributed by atoms with Crippen LogP contribution in [-0.2, 0) is 20.7 Å². The van der Waals surface area contributed by atoms with E-state index in [1.807, 2.05) is 48.5 Å². The number of esters is 1. The summed E-state index contributed by atoms with van der Waals surface area (Å²) in [5, 5.41) is 3.83. The number of fused-ring (bicyclic) bond motifs is 1. The van der Waals surface area contributed by atoms with Crippen molar-refractivity contribution in [3.63, 3.8) is 0 Å². The number of anilines is 1. The van der Waals surface area contributed by atoms with Crippen LogP contribution >= 0.6 is 11.3 Å². The number of benzene rings is 2. The van der Waals surface area contributed by atoms with Crippen molar-refractivity contribution in [1.82, 2.24) is 4.98 Å². The Morgan fingerprint density at radius 1 is 1.11 bits per heavy atom. The zero-order valence-corrected chi connectivity index (χ0v) is 16.9. The van der Waals surface area contributed by atoms with Crippen LogP contribution in [0.25, 0.3) is 10.2 Å². The molecule has 3 aromatic rings. The SMILES string of the molecule is CC(C)c1ccccc1NC(=O)COC(=O)CCCc1nc2ccccc2s1. The summed E-state index contributed by atoms with van der Waals surface area (Å²) in [6, 6.07) is 15.6. The molecule has 6 heteroatoms. The molecule has 1 N–H and O–H groups in total. The van der Waals surface area contributed by atoms with Crippen molar-refractivity contribution in [1.29, 1.82) is 0 Å². The first-order chi connectivity index (χ1) is 13.5. The zero-order chi connectivity index (χ0) is 19.9. The fraction of sp³-hybridized carbons (Fsp3) is 0.318. The predicted octanol–water partition coefficient (Wildman–Crippen LogP) is 4.92. The number of para-hydroxylation sites is 2. The molecule has 146 valence electrons. The molecule has 0 saturated heterocycles. The summed E-state index contributed by atoms with van der Waals surface area (Å²) in [5.41, 5.74) is 2.80. The molecule has 1 heterocycles. The highest BCUT2D eigenvalue weighted by Gasteiger charge is 2.12. The smallest absolute Gasteiger partial charge is 0.306 e. The third kappa shape index (κ3) is 5.39. The molecule has 0 radical (unpaired) electrons. The van der Waals surface area contributed by atoms with Gasteiger partial charge >= 0.3 is 5.97 Å². The summed E-state index contributed by atoms with van der Waals surface area (Å²) in [6.45, 7) is 3.86. The van der Waals surface area contributed by atoms with Crippen molar-refractivity contribution in [2.45, 2.75) is 39.0 Å². The number of thiazole rings is 1. The van der Waals surface area contributed by atoms with Crippen molar-refractivity contribution >= 4 is 39.1 Å². The molecule has 3 rings (SSSR count). The van der Waals surface area contributed by atoms with Gasteiger partial charge in [0.05, 0.1) is 15.2 Å². The Labute approximate surface area is 168 Å². The van der Waals surface area contributed by atoms with Gasteiger partial charge in [0.1, 0.15) is 0 Å². The molecule has 1 aromatic heterocycles. The summed E-state index contributed by atoms with van der Waals surface area (Å²) >= 11 is 1.64. The number of nitrogens with one attached hydrogen (secondary N) is 1. The lowest BCUT2D eigenvalue weighted by molar-refractivity contribution is -0.147. The predicted molar refractivity (Wildman–Crippen MR) is 113 cm³/mol. The van der Waals surface area contributed by atoms with Crippen LogP contribution in [-0.4, -0.2) is 23.5 Å². The number of rotatable bonds is 8. The second-order valence-electron chi connectivity index (χ2n) is 6.88. The largest absolute Gasteiger partial charge is 0.456 e. The second kappa shape index (κ2) is 9.46. The number of amides is 1. The Bertz CT molecular complexity index is 932. The maximum absolute atomic E-state index is 12.1. The number of hydrogen-bond acceptors (Lipinski definition) is 5. The molecule has 0 aliphatic heterocycles. The minimum atomic E-state index is -0.367. The fourth-order valence-corrected chi connectivity index (χ4v) is 3.94. The van der Waals surface area contributed by atoms with Gasteiger partial charge in [-0.3, -0.25) is 9.59 Å². The molecular weight excluding hydrogens is 372 g/mol. The standard InChI is InChI=1S/C22H24N2O3S/c1-15(2)16-8-3-4-9-17(16)23-20(25)14-27-22(26)13-7-12-21-24-18-10-5-6-11-19(18)28-21/h3-6,8-11,15H,7,12-14H2,1-2H3,(H,23,25). The Kier molecular flexibility index (Phi) is 6.76. The number of aromatic nitrogens is 1. The fourth-order valence-electron chi connectivity index (χ4n) is 2.93. The number of hydrogen-bond donors (Lipinski definition) is 1. The van der Waals surface area contributed by atoms with E-state index >= 15 is 0 Å². The first kappa shape index (κ1) is 20.0. The van der Waals surface area contributed by atoms with Crippen LogP contribution in [0.5, 0.6) is 0 Å². The molecule has 0 atom stereocenters. The highest BCUT2D eigenvalue weighted by atomic mass is 32.1. The quantitative estimate of drug-likeness (QED) is 0.549. The summed E-state index contributed by atoms with van der Waals surface area (Å²) in [7, 11) is 0. The van der Waals surface area contributed by atoms with E-state index in [2.05, 4.69) is 24.1 Å². The Balaban J connectivity index is 1.41. The van der Waals surface area contributed by atoms with Crippen molar-refractivity contribution < 1.29 is 14.3 Å². The van der Waals surface area contributed by atoms with Crippen molar-refractivity contribution in [3.8, 4) is 0 Å². The average molecular weight is 397 g/mol. The minimum Gasteiger partial charge on any atom is -0.456 e. The highest BCUT2D eigenvalue weighted by Crippen LogP contribution is 2.24. The number of carbonyl (C=O) groups excluding carboxylic acids is 2. The Hall–Kier alpha value is -2.73. The second-order valence-corrected chi connectivity index (χ2v) is 7.99. The Morgan fingerprint density at radius 3 is 2.64 bits per heavy atom. The lowest BCUT2D eigenvalue weighted by Gasteiger charge is -2.13. The molecule has 0 aliphatic rings. The number of aryl methyl sites for hydroxylation is 1. The van der Waals surface area contributed by atoms with Crippen molar-refractivity contribution in [3.05, 3.63) is 59.1 Å². The van der Waals surface area contributed by atoms with Gasteiger partial charge in [-0.1, -0.05) is 44.2 Å². The molecule has 0 saturated carbocycles. The molecule has 5 nitrogen and oxygen atoms in total. The zero-order valence-electron chi connectivity index (χ0n) is 16.1. The third-order valence-electron chi connectivity index (χ3n) is 4.33. The van der Waals surface area contributed by atoms with E-state index in [9.17, 15) is 9.59 Å². The highest BCUT2D eigenvalue weighted by molar-refractivity contribution is 7.18. The van der Waals surface area contributed by atoms with Crippen molar-refractivity contribution in [2.75, 3.05) is 11.9 Å². The van der Waals surface area contributed by atoms with Gasteiger partial charge in [-0.05, 0) is 42.5 Å². The van der Waals surface area contributed by atoms with Crippen molar-refractivity contribution in [2.24, 2.45) is 0 Å². The van der Waals surface area contributed by atoms with Crippen LogP contribution in [0.15, 0.2) is 48.5 Å². The molecule has 0 bridgehead atoms. The van der Waals surface area contributed by atoms with Gasteiger partial charge in [-0.25, -0.2) is 4.98 Å². The van der Waals surface area contributed by atoms with Crippen LogP contribution in [0, 0.1) is 0 Å². The first-order valence-electron chi connectivity index (χ1n) is 9.42. The maximum atomic E-state index is 12.1. The van der Waals surface area contributed by atoms with Gasteiger partial charge in [0.25, 0.3) is 5.91 Å². The van der Waals surface area contributed by atoms with Gasteiger partial charge in [-0.2, -0.15) is 0 Å². The summed E-state index contributed by atoms with van der Waals surface area (Å²) in [6.07, 6.45) is 1.64. The lowest BCUT2D eigenvalue weighted by Crippen LogP contribution is -2.21. The van der Waals surface area contributed by atoms with Crippen LogP contribution in [0.3, 0.4) is 0 Å². The van der Waals surface area contributed by atoms with E-state index in [0.717, 1.165) is 32.9 Å². The minimum absolute atomic E-state index is 0.270. The van der Waals surface area contributed by atoms with E-state index in [0.29, 0.717) is 12.3 Å². The van der Waals surface area contributed by atoms with E-state index in [4.69, 9.17) is 4.74 Å². The third-order valence-corrected chi connectivity index (χ3v) is 5.43. The molecule has 0 unspecified atom stereocenters. The van der Waals surface area contributed by atoms with Crippen LogP contribution in [0.2, 0.25) is 0 Å². The van der Waals surface area contributed by atoms with Crippen LogP contribution in [0.4, 0.5) is 5.69 Å².